The predicted octanol–water partition coefficient (Wildman–Crippen LogP) is -5.09. The highest BCUT2D eigenvalue weighted by Crippen LogP contribution is 2.34. The summed E-state index contributed by atoms with van der Waals surface area (Å²) in [6.07, 6.45) is -22.4. The molecule has 0 radical (unpaired) electrons. The lowest BCUT2D eigenvalue weighted by Gasteiger charge is -2.48. The summed E-state index contributed by atoms with van der Waals surface area (Å²) in [5, 5.41) is 102. The molecular weight excluding hydrogens is 516 g/mol. The van der Waals surface area contributed by atoms with E-state index in [0.717, 1.165) is 0 Å². The number of hydrogen-bond donors (Lipinski definition) is 10. The fourth-order valence-corrected chi connectivity index (χ4v) is 4.93. The molecule has 0 amide bonds. The van der Waals surface area contributed by atoms with Gasteiger partial charge in [-0.1, -0.05) is 20.8 Å². The molecule has 0 spiro atoms. The number of hydrogen-bond acceptors (Lipinski definition) is 15. The van der Waals surface area contributed by atoms with Gasteiger partial charge < -0.3 is 74.7 Å². The van der Waals surface area contributed by atoms with Crippen LogP contribution >= 0.6 is 0 Å². The Hall–Kier alpha value is -0.600. The summed E-state index contributed by atoms with van der Waals surface area (Å²) in [5.74, 6) is 0. The highest BCUT2D eigenvalue weighted by molar-refractivity contribution is 4.97. The quantitative estimate of drug-likeness (QED) is 0.134. The van der Waals surface area contributed by atoms with Gasteiger partial charge in [-0.15, -0.1) is 0 Å². The lowest BCUT2D eigenvalue weighted by Crippen LogP contribution is -2.66. The van der Waals surface area contributed by atoms with E-state index in [1.54, 1.807) is 0 Å². The summed E-state index contributed by atoms with van der Waals surface area (Å²) in [6.45, 7) is 3.63. The minimum Gasteiger partial charge on any atom is -0.394 e. The normalized spacial score (nSPS) is 48.7. The fourth-order valence-electron chi connectivity index (χ4n) is 4.93. The first-order valence-corrected chi connectivity index (χ1v) is 12.6. The van der Waals surface area contributed by atoms with E-state index in [1.807, 2.05) is 20.8 Å². The van der Waals surface area contributed by atoms with Crippen LogP contribution in [0.2, 0.25) is 0 Å². The van der Waals surface area contributed by atoms with Gasteiger partial charge in [0.2, 0.25) is 0 Å². The lowest BCUT2D eigenvalue weighted by atomic mass is 9.83. The minimum atomic E-state index is -1.86. The molecule has 15 heteroatoms. The van der Waals surface area contributed by atoms with Gasteiger partial charge in [-0.05, 0) is 11.8 Å². The van der Waals surface area contributed by atoms with Gasteiger partial charge in [0.1, 0.15) is 73.2 Å². The third-order valence-corrected chi connectivity index (χ3v) is 7.03. The second-order valence-corrected chi connectivity index (χ2v) is 11.2. The highest BCUT2D eigenvalue weighted by atomic mass is 16.7. The molecule has 38 heavy (non-hydrogen) atoms. The largest absolute Gasteiger partial charge is 0.394 e. The van der Waals surface area contributed by atoms with Gasteiger partial charge in [0.15, 0.2) is 12.6 Å². The second-order valence-electron chi connectivity index (χ2n) is 11.2. The van der Waals surface area contributed by atoms with Crippen LogP contribution in [0.3, 0.4) is 0 Å². The van der Waals surface area contributed by atoms with Crippen LogP contribution in [0.25, 0.3) is 0 Å². The van der Waals surface area contributed by atoms with Crippen molar-refractivity contribution >= 4 is 0 Å². The topological polar surface area (TPSA) is 248 Å². The first-order valence-electron chi connectivity index (χ1n) is 12.6. The molecule has 3 fully saturated rings. The molecule has 3 saturated heterocycles. The van der Waals surface area contributed by atoms with E-state index in [9.17, 15) is 51.1 Å². The van der Waals surface area contributed by atoms with Gasteiger partial charge in [0.25, 0.3) is 0 Å². The van der Waals surface area contributed by atoms with Crippen molar-refractivity contribution in [1.29, 1.82) is 0 Å². The Morgan fingerprint density at radius 2 is 0.895 bits per heavy atom. The van der Waals surface area contributed by atoms with Crippen molar-refractivity contribution < 1.29 is 74.7 Å². The van der Waals surface area contributed by atoms with Crippen molar-refractivity contribution in [1.82, 2.24) is 0 Å². The maximum atomic E-state index is 10.8. The summed E-state index contributed by atoms with van der Waals surface area (Å²) >= 11 is 0. The lowest BCUT2D eigenvalue weighted by molar-refractivity contribution is -0.373. The molecule has 10 N–H and O–H groups in total. The minimum absolute atomic E-state index is 0.268. The van der Waals surface area contributed by atoms with Crippen molar-refractivity contribution in [3.05, 3.63) is 0 Å². The Bertz CT molecular complexity index is 730. The van der Waals surface area contributed by atoms with E-state index in [0.29, 0.717) is 6.42 Å². The van der Waals surface area contributed by atoms with Crippen LogP contribution in [0.5, 0.6) is 0 Å². The SMILES string of the molecule is CC(C)(C)CC1OC(CO)C(OC2OC(CO)C(OC3OC(CO)C(O)C(O)C3O)C(O)C2O)C(O)C1O. The molecule has 0 saturated carbocycles. The molecule has 224 valence electrons. The molecule has 15 nitrogen and oxygen atoms in total. The Balaban J connectivity index is 1.71. The van der Waals surface area contributed by atoms with Crippen LogP contribution in [-0.4, -0.2) is 163 Å². The first kappa shape index (κ1) is 31.9. The zero-order chi connectivity index (χ0) is 28.5. The van der Waals surface area contributed by atoms with Gasteiger partial charge >= 0.3 is 0 Å². The average molecular weight is 559 g/mol. The summed E-state index contributed by atoms with van der Waals surface area (Å²) in [6, 6.07) is 0. The Labute approximate surface area is 219 Å². The molecule has 0 bridgehead atoms. The van der Waals surface area contributed by atoms with Crippen LogP contribution < -0.4 is 0 Å². The maximum Gasteiger partial charge on any atom is 0.187 e. The molecule has 0 aromatic heterocycles. The molecule has 3 heterocycles. The molecule has 0 aromatic carbocycles. The Kier molecular flexibility index (Phi) is 10.9. The number of aliphatic hydroxyl groups is 10. The van der Waals surface area contributed by atoms with Crippen molar-refractivity contribution in [3.8, 4) is 0 Å². The molecule has 3 aliphatic heterocycles. The number of ether oxygens (including phenoxy) is 5. The van der Waals surface area contributed by atoms with Crippen molar-refractivity contribution in [2.45, 2.75) is 119 Å². The molecule has 0 aromatic rings. The fraction of sp³-hybridized carbons (Fsp3) is 1.00. The molecule has 15 unspecified atom stereocenters. The maximum absolute atomic E-state index is 10.8. The monoisotopic (exact) mass is 558 g/mol. The zero-order valence-electron chi connectivity index (χ0n) is 21.5. The zero-order valence-corrected chi connectivity index (χ0v) is 21.5. The van der Waals surface area contributed by atoms with Crippen LogP contribution in [0, 0.1) is 5.41 Å². The van der Waals surface area contributed by atoms with Gasteiger partial charge in [-0.3, -0.25) is 0 Å². The van der Waals surface area contributed by atoms with Gasteiger partial charge in [0, 0.05) is 0 Å². The summed E-state index contributed by atoms with van der Waals surface area (Å²) in [4.78, 5) is 0. The van der Waals surface area contributed by atoms with Crippen LogP contribution in [0.1, 0.15) is 27.2 Å². The van der Waals surface area contributed by atoms with Crippen LogP contribution in [0.15, 0.2) is 0 Å². The molecule has 0 aliphatic carbocycles. The summed E-state index contributed by atoms with van der Waals surface area (Å²) in [5.41, 5.74) is -0.268. The van der Waals surface area contributed by atoms with Crippen molar-refractivity contribution in [2.24, 2.45) is 5.41 Å². The first-order chi connectivity index (χ1) is 17.7. The van der Waals surface area contributed by atoms with Gasteiger partial charge in [0.05, 0.1) is 25.9 Å². The molecule has 3 aliphatic rings. The third-order valence-electron chi connectivity index (χ3n) is 7.03. The van der Waals surface area contributed by atoms with Gasteiger partial charge in [-0.2, -0.15) is 0 Å². The van der Waals surface area contributed by atoms with Crippen LogP contribution in [0.4, 0.5) is 0 Å². The molecule has 3 rings (SSSR count). The smallest absolute Gasteiger partial charge is 0.187 e. The van der Waals surface area contributed by atoms with E-state index in [-0.39, 0.29) is 5.41 Å². The molecule has 15 atom stereocenters. The standard InChI is InChI=1S/C23H42O15/c1-23(2,3)4-8-12(27)15(30)19(10(6-25)34-8)37-22-18(33)16(31)20(11(7-26)36-22)38-21-17(32)14(29)13(28)9(5-24)35-21/h8-22,24-33H,4-7H2,1-3H3. The average Bonchev–Trinajstić information content (AvgIpc) is 2.86. The van der Waals surface area contributed by atoms with Crippen molar-refractivity contribution in [3.63, 3.8) is 0 Å². The Morgan fingerprint density at radius 1 is 0.500 bits per heavy atom. The third kappa shape index (κ3) is 6.82. The van der Waals surface area contributed by atoms with E-state index < -0.39 is 112 Å². The van der Waals surface area contributed by atoms with E-state index in [4.69, 9.17) is 23.7 Å². The predicted molar refractivity (Wildman–Crippen MR) is 123 cm³/mol. The summed E-state index contributed by atoms with van der Waals surface area (Å²) in [7, 11) is 0. The van der Waals surface area contributed by atoms with Gasteiger partial charge in [-0.25, -0.2) is 0 Å². The number of aliphatic hydroxyl groups excluding tert-OH is 10. The molecular formula is C23H42O15. The van der Waals surface area contributed by atoms with Crippen LogP contribution in [-0.2, 0) is 23.7 Å². The Morgan fingerprint density at radius 3 is 1.37 bits per heavy atom. The second kappa shape index (κ2) is 12.9. The van der Waals surface area contributed by atoms with E-state index in [2.05, 4.69) is 0 Å². The van der Waals surface area contributed by atoms with E-state index in [1.165, 1.54) is 0 Å². The van der Waals surface area contributed by atoms with Crippen molar-refractivity contribution in [2.75, 3.05) is 19.8 Å². The van der Waals surface area contributed by atoms with E-state index >= 15 is 0 Å². The highest BCUT2D eigenvalue weighted by Gasteiger charge is 2.53. The summed E-state index contributed by atoms with van der Waals surface area (Å²) < 4.78 is 27.7. The number of rotatable bonds is 8.